The van der Waals surface area contributed by atoms with Gasteiger partial charge in [-0.2, -0.15) is 4.94 Å². The summed E-state index contributed by atoms with van der Waals surface area (Å²) in [4.78, 5) is 2.58. The van der Waals surface area contributed by atoms with E-state index in [-0.39, 0.29) is 0 Å². The fourth-order valence-corrected chi connectivity index (χ4v) is 0. The van der Waals surface area contributed by atoms with Crippen LogP contribution in [-0.4, -0.2) is 6.36 Å². The molecule has 0 aliphatic carbocycles. The molecule has 0 N–H and O–H groups in total. The van der Waals surface area contributed by atoms with E-state index in [0.29, 0.717) is 0 Å². The standard InChI is InChI=1S/C2H4F2O/c1-2(3)5-4/h2H,1H3. The fraction of sp³-hybridized carbons (Fsp3) is 1.00. The van der Waals surface area contributed by atoms with E-state index in [1.807, 2.05) is 0 Å². The fourth-order valence-electron chi connectivity index (χ4n) is 0. The second kappa shape index (κ2) is 2.08. The highest BCUT2D eigenvalue weighted by molar-refractivity contribution is 4.08. The topological polar surface area (TPSA) is 9.23 Å². The molecule has 0 aromatic carbocycles. The molecule has 0 bridgehead atoms. The minimum Gasteiger partial charge on any atom is -0.213 e. The third kappa shape index (κ3) is 3.82. The highest BCUT2D eigenvalue weighted by Gasteiger charge is 1.89. The summed E-state index contributed by atoms with van der Waals surface area (Å²) in [7, 11) is 0. The first-order valence-electron chi connectivity index (χ1n) is 1.19. The van der Waals surface area contributed by atoms with Crippen molar-refractivity contribution >= 4 is 0 Å². The predicted octanol–water partition coefficient (Wildman–Crippen LogP) is 1.20. The molecule has 3 heteroatoms. The first-order chi connectivity index (χ1) is 2.27. The van der Waals surface area contributed by atoms with Gasteiger partial charge >= 0.3 is 0 Å². The molecule has 0 fully saturated rings. The van der Waals surface area contributed by atoms with Crippen molar-refractivity contribution in [2.45, 2.75) is 13.3 Å². The van der Waals surface area contributed by atoms with Gasteiger partial charge in [0.1, 0.15) is 0 Å². The lowest BCUT2D eigenvalue weighted by Gasteiger charge is -1.83. The number of alkyl halides is 1. The van der Waals surface area contributed by atoms with E-state index < -0.39 is 6.36 Å². The number of hydrogen-bond donors (Lipinski definition) is 0. The molecule has 1 atom stereocenters. The molecule has 0 aliphatic heterocycles. The summed E-state index contributed by atoms with van der Waals surface area (Å²) < 4.78 is 21.1. The average Bonchev–Trinajstić information content (AvgIpc) is 1.38. The van der Waals surface area contributed by atoms with Gasteiger partial charge in [-0.3, -0.25) is 0 Å². The third-order valence-corrected chi connectivity index (χ3v) is 0.123. The third-order valence-electron chi connectivity index (χ3n) is 0.123. The molecule has 0 aliphatic rings. The summed E-state index contributed by atoms with van der Waals surface area (Å²) in [5.41, 5.74) is 0. The van der Waals surface area contributed by atoms with Crippen LogP contribution in [0.3, 0.4) is 0 Å². The molecule has 0 spiro atoms. The van der Waals surface area contributed by atoms with Crippen molar-refractivity contribution in [3.8, 4) is 0 Å². The van der Waals surface area contributed by atoms with E-state index in [1.165, 1.54) is 0 Å². The highest BCUT2D eigenvalue weighted by atomic mass is 19.3. The van der Waals surface area contributed by atoms with Crippen molar-refractivity contribution in [2.24, 2.45) is 0 Å². The van der Waals surface area contributed by atoms with E-state index in [0.717, 1.165) is 6.92 Å². The summed E-state index contributed by atoms with van der Waals surface area (Å²) in [6.45, 7) is 0.958. The quantitative estimate of drug-likeness (QED) is 0.462. The van der Waals surface area contributed by atoms with Gasteiger partial charge in [0.25, 0.3) is 0 Å². The van der Waals surface area contributed by atoms with Gasteiger partial charge in [0, 0.05) is 0 Å². The molecular formula is C2H4F2O. The Morgan fingerprint density at radius 1 is 1.80 bits per heavy atom. The summed E-state index contributed by atoms with van der Waals surface area (Å²) in [5, 5.41) is 0. The minimum absolute atomic E-state index is 0.958. The van der Waals surface area contributed by atoms with Crippen LogP contribution in [0, 0.1) is 0 Å². The first kappa shape index (κ1) is 4.82. The van der Waals surface area contributed by atoms with Crippen LogP contribution in [-0.2, 0) is 4.94 Å². The molecule has 1 unspecified atom stereocenters. The zero-order valence-electron chi connectivity index (χ0n) is 2.74. The first-order valence-corrected chi connectivity index (χ1v) is 1.19. The Bertz CT molecular complexity index is 21.6. The molecule has 0 amide bonds. The number of halogens is 2. The molecule has 0 saturated heterocycles. The number of hydrogen-bond acceptors (Lipinski definition) is 1. The van der Waals surface area contributed by atoms with Crippen LogP contribution in [0.5, 0.6) is 0 Å². The summed E-state index contributed by atoms with van der Waals surface area (Å²) >= 11 is 0. The van der Waals surface area contributed by atoms with Crippen molar-refractivity contribution in [2.75, 3.05) is 0 Å². The molecule has 0 rings (SSSR count). The van der Waals surface area contributed by atoms with Crippen LogP contribution in [0.2, 0.25) is 0 Å². The van der Waals surface area contributed by atoms with Crippen molar-refractivity contribution in [3.63, 3.8) is 0 Å². The van der Waals surface area contributed by atoms with E-state index >= 15 is 0 Å². The van der Waals surface area contributed by atoms with Gasteiger partial charge in [-0.05, 0) is 11.4 Å². The SMILES string of the molecule is CC(F)OF. The Kier molecular flexibility index (Phi) is 2.01. The Hall–Kier alpha value is -0.180. The van der Waals surface area contributed by atoms with Crippen molar-refractivity contribution in [3.05, 3.63) is 0 Å². The summed E-state index contributed by atoms with van der Waals surface area (Å²) in [6.07, 6.45) is -1.78. The lowest BCUT2D eigenvalue weighted by Crippen LogP contribution is -1.87. The van der Waals surface area contributed by atoms with Crippen LogP contribution in [0.4, 0.5) is 8.92 Å². The van der Waals surface area contributed by atoms with Crippen LogP contribution in [0.25, 0.3) is 0 Å². The molecule has 32 valence electrons. The van der Waals surface area contributed by atoms with E-state index in [4.69, 9.17) is 0 Å². The normalized spacial score (nSPS) is 15.0. The van der Waals surface area contributed by atoms with Gasteiger partial charge in [0.05, 0.1) is 0 Å². The monoisotopic (exact) mass is 82.0 g/mol. The lowest BCUT2D eigenvalue weighted by molar-refractivity contribution is -0.217. The molecule has 0 saturated carbocycles. The van der Waals surface area contributed by atoms with Crippen LogP contribution >= 0.6 is 0 Å². The van der Waals surface area contributed by atoms with Crippen molar-refractivity contribution < 1.29 is 13.9 Å². The van der Waals surface area contributed by atoms with Crippen LogP contribution < -0.4 is 0 Å². The highest BCUT2D eigenvalue weighted by Crippen LogP contribution is 1.87. The second-order valence-corrected chi connectivity index (χ2v) is 0.632. The Morgan fingerprint density at radius 2 is 2.00 bits per heavy atom. The van der Waals surface area contributed by atoms with Crippen LogP contribution in [0.15, 0.2) is 0 Å². The van der Waals surface area contributed by atoms with Gasteiger partial charge in [-0.1, -0.05) is 0 Å². The van der Waals surface area contributed by atoms with E-state index in [2.05, 4.69) is 4.94 Å². The van der Waals surface area contributed by atoms with Gasteiger partial charge < -0.3 is 0 Å². The lowest BCUT2D eigenvalue weighted by atomic mass is 10.8. The van der Waals surface area contributed by atoms with E-state index in [9.17, 15) is 8.92 Å². The molecule has 0 radical (unpaired) electrons. The summed E-state index contributed by atoms with van der Waals surface area (Å²) in [6, 6.07) is 0. The Labute approximate surface area is 28.4 Å². The smallest absolute Gasteiger partial charge is 0.213 e. The largest absolute Gasteiger partial charge is 0.234 e. The van der Waals surface area contributed by atoms with Gasteiger partial charge in [0.2, 0.25) is 6.36 Å². The maximum Gasteiger partial charge on any atom is 0.234 e. The average molecular weight is 82.0 g/mol. The zero-order chi connectivity index (χ0) is 4.28. The maximum absolute atomic E-state index is 10.8. The number of rotatable bonds is 1. The van der Waals surface area contributed by atoms with Gasteiger partial charge in [-0.15, -0.1) is 0 Å². The second-order valence-electron chi connectivity index (χ2n) is 0.632. The molecule has 0 aromatic heterocycles. The Balaban J connectivity index is 2.54. The van der Waals surface area contributed by atoms with E-state index in [1.54, 1.807) is 0 Å². The van der Waals surface area contributed by atoms with Crippen molar-refractivity contribution in [1.29, 1.82) is 0 Å². The summed E-state index contributed by atoms with van der Waals surface area (Å²) in [5.74, 6) is 0. The molecule has 0 aromatic rings. The molecular weight excluding hydrogens is 78.0 g/mol. The van der Waals surface area contributed by atoms with Gasteiger partial charge in [0.15, 0.2) is 0 Å². The molecule has 1 nitrogen and oxygen atoms in total. The maximum atomic E-state index is 10.8. The molecule has 5 heavy (non-hydrogen) atoms. The van der Waals surface area contributed by atoms with Crippen LogP contribution in [0.1, 0.15) is 6.92 Å². The molecule has 0 heterocycles. The zero-order valence-corrected chi connectivity index (χ0v) is 2.74. The Morgan fingerprint density at radius 3 is 2.00 bits per heavy atom. The van der Waals surface area contributed by atoms with Crippen molar-refractivity contribution in [1.82, 2.24) is 0 Å². The predicted molar refractivity (Wildman–Crippen MR) is 12.8 cm³/mol. The minimum atomic E-state index is -1.78. The van der Waals surface area contributed by atoms with Gasteiger partial charge in [-0.25, -0.2) is 4.39 Å².